The minimum Gasteiger partial charge on any atom is -0.394 e. The van der Waals surface area contributed by atoms with Gasteiger partial charge in [-0.05, 0) is 26.2 Å². The molecule has 5 nitrogen and oxygen atoms in total. The van der Waals surface area contributed by atoms with Gasteiger partial charge in [-0.1, -0.05) is 25.0 Å². The second-order valence-electron chi connectivity index (χ2n) is 5.22. The van der Waals surface area contributed by atoms with Crippen molar-refractivity contribution >= 4 is 0 Å². The van der Waals surface area contributed by atoms with Gasteiger partial charge in [0.05, 0.1) is 13.2 Å². The molecule has 0 aliphatic carbocycles. The zero-order chi connectivity index (χ0) is 14.8. The maximum Gasteiger partial charge on any atom is 0.114 e. The third-order valence-electron chi connectivity index (χ3n) is 3.57. The molecular formula is C15H28O5. The van der Waals surface area contributed by atoms with E-state index < -0.39 is 24.4 Å². The molecule has 0 aromatic carbocycles. The Morgan fingerprint density at radius 2 is 1.95 bits per heavy atom. The summed E-state index contributed by atoms with van der Waals surface area (Å²) in [5, 5.41) is 28.6. The highest BCUT2D eigenvalue weighted by Gasteiger charge is 2.39. The fraction of sp³-hybridized carbons (Fsp3) is 0.867. The van der Waals surface area contributed by atoms with Crippen LogP contribution in [0.2, 0.25) is 0 Å². The zero-order valence-corrected chi connectivity index (χ0v) is 12.3. The molecule has 3 N–H and O–H groups in total. The summed E-state index contributed by atoms with van der Waals surface area (Å²) >= 11 is 0. The van der Waals surface area contributed by atoms with Crippen molar-refractivity contribution in [2.24, 2.45) is 0 Å². The van der Waals surface area contributed by atoms with Crippen molar-refractivity contribution < 1.29 is 24.8 Å². The fourth-order valence-electron chi connectivity index (χ4n) is 2.32. The molecule has 0 saturated carbocycles. The van der Waals surface area contributed by atoms with E-state index >= 15 is 0 Å². The Kier molecular flexibility index (Phi) is 9.05. The zero-order valence-electron chi connectivity index (χ0n) is 12.3. The number of unbranched alkanes of at least 4 members (excludes halogenated alkanes) is 4. The first kappa shape index (κ1) is 17.6. The fourth-order valence-corrected chi connectivity index (χ4v) is 2.32. The van der Waals surface area contributed by atoms with Crippen LogP contribution in [0, 0.1) is 0 Å². The highest BCUT2D eigenvalue weighted by Crippen LogP contribution is 2.19. The SMILES string of the molecule is C/C=C/CCCCCCO[C@H]1[C@H](O)[C@@H](O)CO[C@@H]1CO. The van der Waals surface area contributed by atoms with Gasteiger partial charge in [0.2, 0.25) is 0 Å². The summed E-state index contributed by atoms with van der Waals surface area (Å²) in [4.78, 5) is 0. The lowest BCUT2D eigenvalue weighted by atomic mass is 10.0. The predicted octanol–water partition coefficient (Wildman–Crippen LogP) is 1.01. The van der Waals surface area contributed by atoms with Crippen LogP contribution >= 0.6 is 0 Å². The molecule has 4 atom stereocenters. The predicted molar refractivity (Wildman–Crippen MR) is 76.5 cm³/mol. The van der Waals surface area contributed by atoms with Crippen LogP contribution in [0.4, 0.5) is 0 Å². The van der Waals surface area contributed by atoms with E-state index in [2.05, 4.69) is 12.2 Å². The molecule has 1 saturated heterocycles. The molecule has 0 aromatic rings. The third kappa shape index (κ3) is 5.89. The Morgan fingerprint density at radius 3 is 2.65 bits per heavy atom. The highest BCUT2D eigenvalue weighted by atomic mass is 16.6. The average Bonchev–Trinajstić information content (AvgIpc) is 2.46. The third-order valence-corrected chi connectivity index (χ3v) is 3.57. The van der Waals surface area contributed by atoms with Crippen molar-refractivity contribution in [3.05, 3.63) is 12.2 Å². The summed E-state index contributed by atoms with van der Waals surface area (Å²) < 4.78 is 10.8. The van der Waals surface area contributed by atoms with Crippen LogP contribution in [0.1, 0.15) is 39.0 Å². The number of ether oxygens (including phenoxy) is 2. The quantitative estimate of drug-likeness (QED) is 0.436. The maximum absolute atomic E-state index is 9.87. The highest BCUT2D eigenvalue weighted by molar-refractivity contribution is 4.87. The van der Waals surface area contributed by atoms with Crippen LogP contribution in [-0.4, -0.2) is 59.6 Å². The molecule has 1 aliphatic rings. The minimum atomic E-state index is -0.990. The standard InChI is InChI=1S/C15H28O5/c1-2-3-4-5-6-7-8-9-19-15-13(10-16)20-11-12(17)14(15)18/h2-3,12-18H,4-11H2,1H3/b3-2+/t12-,13+,14+,15+/m0/s1. The van der Waals surface area contributed by atoms with E-state index in [1.807, 2.05) is 6.92 Å². The van der Waals surface area contributed by atoms with E-state index in [4.69, 9.17) is 9.47 Å². The molecule has 0 amide bonds. The normalized spacial score (nSPS) is 31.0. The molecule has 1 rings (SSSR count). The summed E-state index contributed by atoms with van der Waals surface area (Å²) in [6.45, 7) is 2.37. The van der Waals surface area contributed by atoms with Gasteiger partial charge in [-0.2, -0.15) is 0 Å². The summed E-state index contributed by atoms with van der Waals surface area (Å²) in [5.74, 6) is 0. The molecular weight excluding hydrogens is 260 g/mol. The van der Waals surface area contributed by atoms with Crippen molar-refractivity contribution in [3.8, 4) is 0 Å². The Labute approximate surface area is 121 Å². The molecule has 0 bridgehead atoms. The van der Waals surface area contributed by atoms with Crippen molar-refractivity contribution in [1.82, 2.24) is 0 Å². The molecule has 0 aromatic heterocycles. The molecule has 1 heterocycles. The number of allylic oxidation sites excluding steroid dienone is 2. The van der Waals surface area contributed by atoms with Crippen molar-refractivity contribution in [2.75, 3.05) is 19.8 Å². The molecule has 1 fully saturated rings. The van der Waals surface area contributed by atoms with Gasteiger partial charge < -0.3 is 24.8 Å². The molecule has 20 heavy (non-hydrogen) atoms. The summed E-state index contributed by atoms with van der Waals surface area (Å²) in [5.41, 5.74) is 0. The van der Waals surface area contributed by atoms with Crippen LogP contribution in [0.3, 0.4) is 0 Å². The summed E-state index contributed by atoms with van der Waals surface area (Å²) in [6.07, 6.45) is 6.54. The lowest BCUT2D eigenvalue weighted by Gasteiger charge is -2.37. The first-order valence-corrected chi connectivity index (χ1v) is 7.52. The number of aliphatic hydroxyl groups excluding tert-OH is 3. The van der Waals surface area contributed by atoms with Crippen molar-refractivity contribution in [1.29, 1.82) is 0 Å². The van der Waals surface area contributed by atoms with Crippen LogP contribution in [0.5, 0.6) is 0 Å². The molecule has 0 spiro atoms. The minimum absolute atomic E-state index is 0.0389. The van der Waals surface area contributed by atoms with E-state index in [1.54, 1.807) is 0 Å². The Hall–Kier alpha value is -0.460. The second-order valence-corrected chi connectivity index (χ2v) is 5.22. The first-order chi connectivity index (χ1) is 9.70. The van der Waals surface area contributed by atoms with Gasteiger partial charge in [0, 0.05) is 6.61 Å². The first-order valence-electron chi connectivity index (χ1n) is 7.52. The summed E-state index contributed by atoms with van der Waals surface area (Å²) in [6, 6.07) is 0. The molecule has 0 unspecified atom stereocenters. The molecule has 118 valence electrons. The van der Waals surface area contributed by atoms with E-state index in [0.717, 1.165) is 25.7 Å². The van der Waals surface area contributed by atoms with Crippen LogP contribution in [0.25, 0.3) is 0 Å². The number of aliphatic hydroxyl groups is 3. The number of hydrogen-bond acceptors (Lipinski definition) is 5. The van der Waals surface area contributed by atoms with Gasteiger partial charge in [0.1, 0.15) is 24.4 Å². The topological polar surface area (TPSA) is 79.2 Å². The van der Waals surface area contributed by atoms with Gasteiger partial charge in [0.15, 0.2) is 0 Å². The van der Waals surface area contributed by atoms with Crippen LogP contribution < -0.4 is 0 Å². The molecule has 0 radical (unpaired) electrons. The van der Waals surface area contributed by atoms with Gasteiger partial charge in [-0.25, -0.2) is 0 Å². The van der Waals surface area contributed by atoms with Crippen LogP contribution in [-0.2, 0) is 9.47 Å². The van der Waals surface area contributed by atoms with Crippen LogP contribution in [0.15, 0.2) is 12.2 Å². The Bertz CT molecular complexity index is 267. The lowest BCUT2D eigenvalue weighted by molar-refractivity contribution is -0.211. The Morgan fingerprint density at radius 1 is 1.20 bits per heavy atom. The summed E-state index contributed by atoms with van der Waals surface area (Å²) in [7, 11) is 0. The Balaban J connectivity index is 2.15. The van der Waals surface area contributed by atoms with E-state index in [-0.39, 0.29) is 13.2 Å². The van der Waals surface area contributed by atoms with E-state index in [9.17, 15) is 15.3 Å². The van der Waals surface area contributed by atoms with Gasteiger partial charge in [-0.15, -0.1) is 0 Å². The smallest absolute Gasteiger partial charge is 0.114 e. The lowest BCUT2D eigenvalue weighted by Crippen LogP contribution is -2.55. The van der Waals surface area contributed by atoms with Gasteiger partial charge in [0.25, 0.3) is 0 Å². The van der Waals surface area contributed by atoms with E-state index in [1.165, 1.54) is 6.42 Å². The largest absolute Gasteiger partial charge is 0.394 e. The monoisotopic (exact) mass is 288 g/mol. The molecule has 5 heteroatoms. The number of hydrogen-bond donors (Lipinski definition) is 3. The van der Waals surface area contributed by atoms with Crippen molar-refractivity contribution in [2.45, 2.75) is 63.4 Å². The number of rotatable bonds is 9. The average molecular weight is 288 g/mol. The van der Waals surface area contributed by atoms with Gasteiger partial charge >= 0.3 is 0 Å². The van der Waals surface area contributed by atoms with E-state index in [0.29, 0.717) is 6.61 Å². The van der Waals surface area contributed by atoms with Crippen molar-refractivity contribution in [3.63, 3.8) is 0 Å². The maximum atomic E-state index is 9.87. The molecule has 1 aliphatic heterocycles. The second kappa shape index (κ2) is 10.3. The van der Waals surface area contributed by atoms with Gasteiger partial charge in [-0.3, -0.25) is 0 Å².